The second-order valence-corrected chi connectivity index (χ2v) is 6.31. The van der Waals surface area contributed by atoms with Crippen LogP contribution in [0.4, 0.5) is 0 Å². The minimum atomic E-state index is -0.498. The van der Waals surface area contributed by atoms with Gasteiger partial charge < -0.3 is 9.64 Å². The van der Waals surface area contributed by atoms with E-state index in [1.807, 2.05) is 13.8 Å². The zero-order valence-corrected chi connectivity index (χ0v) is 14.5. The first kappa shape index (κ1) is 17.3. The second-order valence-electron chi connectivity index (χ2n) is 5.87. The van der Waals surface area contributed by atoms with E-state index in [9.17, 15) is 9.59 Å². The molecule has 0 atom stereocenters. The maximum Gasteiger partial charge on any atom is 0.340 e. The van der Waals surface area contributed by atoms with Gasteiger partial charge in [-0.05, 0) is 36.6 Å². The number of ether oxygens (including phenoxy) is 1. The van der Waals surface area contributed by atoms with Crippen LogP contribution in [0, 0.1) is 5.92 Å². The van der Waals surface area contributed by atoms with Crippen LogP contribution in [-0.2, 0) is 14.3 Å². The minimum absolute atomic E-state index is 0.174. The number of hydrogen-bond acceptors (Lipinski definition) is 3. The number of methoxy groups -OCH3 is 1. The Morgan fingerprint density at radius 2 is 1.91 bits per heavy atom. The van der Waals surface area contributed by atoms with Crippen molar-refractivity contribution in [2.75, 3.05) is 13.7 Å². The van der Waals surface area contributed by atoms with Gasteiger partial charge in [-0.3, -0.25) is 4.79 Å². The monoisotopic (exact) mass is 333 g/mol. The van der Waals surface area contributed by atoms with Gasteiger partial charge in [0.2, 0.25) is 0 Å². The molecule has 4 nitrogen and oxygen atoms in total. The van der Waals surface area contributed by atoms with Gasteiger partial charge in [-0.15, -0.1) is 0 Å². The first-order valence-corrected chi connectivity index (χ1v) is 7.81. The largest absolute Gasteiger partial charge is 0.465 e. The first-order chi connectivity index (χ1) is 10.8. The lowest BCUT2D eigenvalue weighted by molar-refractivity contribution is -0.136. The molecule has 0 aromatic heterocycles. The highest BCUT2D eigenvalue weighted by Crippen LogP contribution is 2.32. The smallest absolute Gasteiger partial charge is 0.340 e. The highest BCUT2D eigenvalue weighted by molar-refractivity contribution is 6.30. The predicted octanol–water partition coefficient (Wildman–Crippen LogP) is 3.67. The average Bonchev–Trinajstić information content (AvgIpc) is 2.73. The van der Waals surface area contributed by atoms with Gasteiger partial charge in [0.05, 0.1) is 18.3 Å². The summed E-state index contributed by atoms with van der Waals surface area (Å²) in [4.78, 5) is 26.5. The number of rotatable bonds is 4. The highest BCUT2D eigenvalue weighted by atomic mass is 35.5. The fourth-order valence-corrected chi connectivity index (χ4v) is 2.66. The van der Waals surface area contributed by atoms with Crippen LogP contribution in [0.25, 0.3) is 6.08 Å². The standard InChI is InChI=1S/C18H20ClNO3/c1-11(2)10-20-12(3)16(18(22)23-4)15(17(20)21)9-13-5-7-14(19)8-6-13/h5-9,11H,10H2,1-4H3/b15-9-. The third-order valence-corrected chi connectivity index (χ3v) is 3.88. The number of nitrogens with zero attached hydrogens (tertiary/aromatic N) is 1. The molecule has 0 saturated carbocycles. The molecule has 1 aromatic rings. The Morgan fingerprint density at radius 1 is 1.30 bits per heavy atom. The molecule has 0 saturated heterocycles. The van der Waals surface area contributed by atoms with Gasteiger partial charge >= 0.3 is 5.97 Å². The molecule has 0 radical (unpaired) electrons. The van der Waals surface area contributed by atoms with Crippen LogP contribution in [0.2, 0.25) is 5.02 Å². The number of esters is 1. The molecule has 23 heavy (non-hydrogen) atoms. The number of amides is 1. The van der Waals surface area contributed by atoms with Crippen molar-refractivity contribution in [2.45, 2.75) is 20.8 Å². The normalized spacial score (nSPS) is 16.7. The van der Waals surface area contributed by atoms with Gasteiger partial charge in [-0.1, -0.05) is 37.6 Å². The van der Waals surface area contributed by atoms with Crippen molar-refractivity contribution < 1.29 is 14.3 Å². The van der Waals surface area contributed by atoms with E-state index in [0.717, 1.165) is 5.56 Å². The zero-order chi connectivity index (χ0) is 17.1. The van der Waals surface area contributed by atoms with Crippen molar-refractivity contribution >= 4 is 29.6 Å². The quantitative estimate of drug-likeness (QED) is 0.624. The SMILES string of the molecule is COC(=O)C1=C(C)N(CC(C)C)C(=O)/C1=C\c1ccc(Cl)cc1. The lowest BCUT2D eigenvalue weighted by atomic mass is 10.0. The van der Waals surface area contributed by atoms with E-state index < -0.39 is 5.97 Å². The maximum absolute atomic E-state index is 12.7. The molecule has 0 bridgehead atoms. The van der Waals surface area contributed by atoms with E-state index in [0.29, 0.717) is 34.3 Å². The summed E-state index contributed by atoms with van der Waals surface area (Å²) in [5.41, 5.74) is 2.12. The van der Waals surface area contributed by atoms with Crippen LogP contribution in [0.1, 0.15) is 26.3 Å². The Morgan fingerprint density at radius 3 is 2.43 bits per heavy atom. The van der Waals surface area contributed by atoms with Gasteiger partial charge in [0, 0.05) is 17.3 Å². The third kappa shape index (κ3) is 3.64. The molecule has 2 rings (SSSR count). The average molecular weight is 334 g/mol. The summed E-state index contributed by atoms with van der Waals surface area (Å²) in [5.74, 6) is -0.378. The zero-order valence-electron chi connectivity index (χ0n) is 13.7. The van der Waals surface area contributed by atoms with Crippen LogP contribution < -0.4 is 0 Å². The molecule has 1 heterocycles. The van der Waals surface area contributed by atoms with Gasteiger partial charge in [0.25, 0.3) is 5.91 Å². The van der Waals surface area contributed by atoms with Crippen molar-refractivity contribution in [1.82, 2.24) is 4.90 Å². The van der Waals surface area contributed by atoms with Gasteiger partial charge in [0.1, 0.15) is 0 Å². The Balaban J connectivity index is 2.49. The van der Waals surface area contributed by atoms with Crippen molar-refractivity contribution in [2.24, 2.45) is 5.92 Å². The van der Waals surface area contributed by atoms with Crippen LogP contribution in [0.5, 0.6) is 0 Å². The molecule has 1 aromatic carbocycles. The van der Waals surface area contributed by atoms with Crippen molar-refractivity contribution in [3.8, 4) is 0 Å². The fraction of sp³-hybridized carbons (Fsp3) is 0.333. The number of carbonyl (C=O) groups excluding carboxylic acids is 2. The van der Waals surface area contributed by atoms with Crippen LogP contribution in [0.3, 0.4) is 0 Å². The molecular formula is C18H20ClNO3. The van der Waals surface area contributed by atoms with Crippen molar-refractivity contribution in [3.63, 3.8) is 0 Å². The van der Waals surface area contributed by atoms with E-state index in [2.05, 4.69) is 0 Å². The molecule has 0 aliphatic carbocycles. The van der Waals surface area contributed by atoms with Gasteiger partial charge in [0.15, 0.2) is 0 Å². The molecule has 0 fully saturated rings. The van der Waals surface area contributed by atoms with Gasteiger partial charge in [-0.25, -0.2) is 4.79 Å². The molecule has 1 aliphatic heterocycles. The van der Waals surface area contributed by atoms with Crippen molar-refractivity contribution in [1.29, 1.82) is 0 Å². The predicted molar refractivity (Wildman–Crippen MR) is 90.7 cm³/mol. The number of carbonyl (C=O) groups is 2. The summed E-state index contributed by atoms with van der Waals surface area (Å²) in [6.07, 6.45) is 1.70. The molecule has 0 N–H and O–H groups in total. The van der Waals surface area contributed by atoms with E-state index in [-0.39, 0.29) is 5.91 Å². The summed E-state index contributed by atoms with van der Waals surface area (Å²) in [5, 5.41) is 0.617. The molecule has 0 unspecified atom stereocenters. The minimum Gasteiger partial charge on any atom is -0.465 e. The number of allylic oxidation sites excluding steroid dienone is 1. The number of halogens is 1. The van der Waals surface area contributed by atoms with Gasteiger partial charge in [-0.2, -0.15) is 0 Å². The van der Waals surface area contributed by atoms with E-state index in [1.165, 1.54) is 7.11 Å². The van der Waals surface area contributed by atoms with Crippen LogP contribution in [0.15, 0.2) is 41.1 Å². The van der Waals surface area contributed by atoms with Crippen LogP contribution >= 0.6 is 11.6 Å². The topological polar surface area (TPSA) is 46.6 Å². The number of hydrogen-bond donors (Lipinski definition) is 0. The van der Waals surface area contributed by atoms with E-state index in [1.54, 1.807) is 42.2 Å². The number of benzene rings is 1. The second kappa shape index (κ2) is 7.01. The third-order valence-electron chi connectivity index (χ3n) is 3.63. The fourth-order valence-electron chi connectivity index (χ4n) is 2.54. The van der Waals surface area contributed by atoms with Crippen LogP contribution in [-0.4, -0.2) is 30.4 Å². The molecule has 122 valence electrons. The van der Waals surface area contributed by atoms with E-state index in [4.69, 9.17) is 16.3 Å². The Kier molecular flexibility index (Phi) is 5.26. The lowest BCUT2D eigenvalue weighted by Gasteiger charge is -2.19. The Hall–Kier alpha value is -2.07. The highest BCUT2D eigenvalue weighted by Gasteiger charge is 2.36. The Labute approximate surface area is 141 Å². The van der Waals surface area contributed by atoms with Crippen molar-refractivity contribution in [3.05, 3.63) is 51.7 Å². The lowest BCUT2D eigenvalue weighted by Crippen LogP contribution is -2.28. The molecule has 1 aliphatic rings. The first-order valence-electron chi connectivity index (χ1n) is 7.43. The van der Waals surface area contributed by atoms with E-state index >= 15 is 0 Å². The molecule has 0 spiro atoms. The molecule has 1 amide bonds. The summed E-state index contributed by atoms with van der Waals surface area (Å²) in [6, 6.07) is 7.09. The maximum atomic E-state index is 12.7. The Bertz CT molecular complexity index is 687. The summed E-state index contributed by atoms with van der Waals surface area (Å²) in [7, 11) is 1.32. The molecule has 5 heteroatoms. The summed E-state index contributed by atoms with van der Waals surface area (Å²) >= 11 is 5.88. The summed E-state index contributed by atoms with van der Waals surface area (Å²) < 4.78 is 4.86. The summed E-state index contributed by atoms with van der Waals surface area (Å²) in [6.45, 7) is 6.39. The molecular weight excluding hydrogens is 314 g/mol.